The molecule has 1 N–H and O–H groups in total. The summed E-state index contributed by atoms with van der Waals surface area (Å²) in [7, 11) is 3.13. The number of aliphatic hydroxyl groups is 1. The number of carbonyl (C=O) groups excluding carboxylic acids is 1. The number of alkyl halides is 1. The summed E-state index contributed by atoms with van der Waals surface area (Å²) in [6.45, 7) is 2.20. The van der Waals surface area contributed by atoms with Crippen molar-refractivity contribution < 1.29 is 33.6 Å². The van der Waals surface area contributed by atoms with Crippen LogP contribution in [0.2, 0.25) is 0 Å². The standard InChI is InChI=1S/C23H23IO7/c1-23(24,10-25)19-7-13-14(30-19)5-4-11-21(26)20-12-6-16(27-2)17(28-3)8-15(12)29-9-18(20)31-22(11)13/h4-6,8,18-20,25H,7,9-10H2,1-3H3/t18-,19-,20+,23-/m1/s1/i24+4. The number of hydrogen-bond donors (Lipinski definition) is 1. The molecule has 3 heterocycles. The smallest absolute Gasteiger partial charge is 0.178 e. The van der Waals surface area contributed by atoms with E-state index in [4.69, 9.17) is 23.7 Å². The van der Waals surface area contributed by atoms with Crippen molar-refractivity contribution >= 4 is 28.4 Å². The summed E-state index contributed by atoms with van der Waals surface area (Å²) in [6.07, 6.45) is -0.0675. The van der Waals surface area contributed by atoms with Crippen molar-refractivity contribution in [1.29, 1.82) is 0 Å². The highest BCUT2D eigenvalue weighted by Gasteiger charge is 2.47. The second kappa shape index (κ2) is 7.44. The van der Waals surface area contributed by atoms with E-state index in [1.165, 1.54) is 0 Å². The average Bonchev–Trinajstić information content (AvgIpc) is 3.23. The molecule has 7 nitrogen and oxygen atoms in total. The molecule has 31 heavy (non-hydrogen) atoms. The summed E-state index contributed by atoms with van der Waals surface area (Å²) in [6, 6.07) is 7.15. The topological polar surface area (TPSA) is 83.5 Å². The van der Waals surface area contributed by atoms with Gasteiger partial charge in [-0.2, -0.15) is 0 Å². The lowest BCUT2D eigenvalue weighted by Gasteiger charge is -2.37. The molecule has 0 fully saturated rings. The van der Waals surface area contributed by atoms with E-state index in [-0.39, 0.29) is 25.1 Å². The van der Waals surface area contributed by atoms with E-state index in [0.29, 0.717) is 40.7 Å². The Kier molecular flexibility index (Phi) is 4.97. The molecule has 8 heteroatoms. The van der Waals surface area contributed by atoms with Crippen LogP contribution in [0.4, 0.5) is 0 Å². The van der Waals surface area contributed by atoms with Gasteiger partial charge < -0.3 is 28.8 Å². The van der Waals surface area contributed by atoms with Crippen LogP contribution in [0.1, 0.15) is 34.3 Å². The molecular formula is C23H23IO7. The first-order chi connectivity index (χ1) is 14.9. The van der Waals surface area contributed by atoms with Crippen LogP contribution in [0.3, 0.4) is 0 Å². The summed E-state index contributed by atoms with van der Waals surface area (Å²) < 4.78 is 28.8. The molecule has 2 aromatic carbocycles. The number of ketones is 1. The van der Waals surface area contributed by atoms with Gasteiger partial charge in [0.1, 0.15) is 36.1 Å². The van der Waals surface area contributed by atoms with Crippen LogP contribution in [-0.2, 0) is 6.42 Å². The van der Waals surface area contributed by atoms with Crippen molar-refractivity contribution in [3.8, 4) is 28.7 Å². The van der Waals surface area contributed by atoms with E-state index >= 15 is 0 Å². The molecule has 0 saturated carbocycles. The van der Waals surface area contributed by atoms with Gasteiger partial charge in [-0.05, 0) is 25.1 Å². The first-order valence-corrected chi connectivity index (χ1v) is 11.2. The van der Waals surface area contributed by atoms with E-state index in [2.05, 4.69) is 22.6 Å². The van der Waals surface area contributed by atoms with E-state index < -0.39 is 15.4 Å². The van der Waals surface area contributed by atoms with Gasteiger partial charge in [-0.25, -0.2) is 0 Å². The molecule has 0 spiro atoms. The molecule has 0 amide bonds. The minimum atomic E-state index is -0.487. The van der Waals surface area contributed by atoms with Gasteiger partial charge in [0, 0.05) is 23.6 Å². The highest BCUT2D eigenvalue weighted by Crippen LogP contribution is 2.50. The van der Waals surface area contributed by atoms with Crippen LogP contribution < -0.4 is 23.7 Å². The van der Waals surface area contributed by atoms with Crippen LogP contribution in [0, 0.1) is 0 Å². The molecule has 0 saturated heterocycles. The molecule has 3 aliphatic heterocycles. The Balaban J connectivity index is 1.55. The fraction of sp³-hybridized carbons (Fsp3) is 0.435. The third-order valence-corrected chi connectivity index (χ3v) is 7.34. The predicted molar refractivity (Wildman–Crippen MR) is 121 cm³/mol. The highest BCUT2D eigenvalue weighted by molar-refractivity contribution is 14.1. The number of methoxy groups -OCH3 is 2. The van der Waals surface area contributed by atoms with Crippen LogP contribution in [0.25, 0.3) is 0 Å². The Labute approximate surface area is 193 Å². The number of aliphatic hydroxyl groups excluding tert-OH is 1. The van der Waals surface area contributed by atoms with Crippen LogP contribution in [-0.4, -0.2) is 54.0 Å². The van der Waals surface area contributed by atoms with Crippen molar-refractivity contribution in [3.05, 3.63) is 41.0 Å². The zero-order chi connectivity index (χ0) is 21.9. The van der Waals surface area contributed by atoms with Gasteiger partial charge in [-0.3, -0.25) is 4.79 Å². The minimum absolute atomic E-state index is 0.00515. The third-order valence-electron chi connectivity index (χ3n) is 6.30. The normalized spacial score (nSPS) is 24.9. The molecule has 4 atom stereocenters. The lowest BCUT2D eigenvalue weighted by atomic mass is 9.81. The Morgan fingerprint density at radius 3 is 2.61 bits per heavy atom. The van der Waals surface area contributed by atoms with Crippen LogP contribution >= 0.6 is 22.6 Å². The maximum Gasteiger partial charge on any atom is 0.178 e. The molecule has 0 radical (unpaired) electrons. The second-order valence-electron chi connectivity index (χ2n) is 8.22. The monoisotopic (exact) mass is 542 g/mol. The Morgan fingerprint density at radius 1 is 1.16 bits per heavy atom. The van der Waals surface area contributed by atoms with Gasteiger partial charge in [-0.15, -0.1) is 0 Å². The molecule has 0 unspecified atom stereocenters. The molecule has 0 aliphatic carbocycles. The molecule has 0 bridgehead atoms. The van der Waals surface area contributed by atoms with Crippen molar-refractivity contribution in [2.75, 3.05) is 27.4 Å². The van der Waals surface area contributed by atoms with Crippen molar-refractivity contribution in [1.82, 2.24) is 0 Å². The van der Waals surface area contributed by atoms with E-state index in [1.807, 2.05) is 13.0 Å². The van der Waals surface area contributed by atoms with Gasteiger partial charge in [0.2, 0.25) is 0 Å². The summed E-state index contributed by atoms with van der Waals surface area (Å²) >= 11 is 2.22. The van der Waals surface area contributed by atoms with E-state index in [9.17, 15) is 9.90 Å². The molecule has 164 valence electrons. The Hall–Kier alpha value is -2.20. The molecule has 5 rings (SSSR count). The number of fused-ring (bicyclic) bond motifs is 6. The number of halogens is 1. The lowest BCUT2D eigenvalue weighted by Crippen LogP contribution is -2.43. The highest BCUT2D eigenvalue weighted by atomic mass is 131. The fourth-order valence-electron chi connectivity index (χ4n) is 4.50. The number of ether oxygens (including phenoxy) is 5. The third kappa shape index (κ3) is 3.14. The van der Waals surface area contributed by atoms with Crippen molar-refractivity contribution in [3.63, 3.8) is 0 Å². The molecular weight excluding hydrogens is 519 g/mol. The van der Waals surface area contributed by atoms with Gasteiger partial charge >= 0.3 is 0 Å². The maximum absolute atomic E-state index is 13.6. The summed E-state index contributed by atoms with van der Waals surface area (Å²) in [5.41, 5.74) is 2.16. The van der Waals surface area contributed by atoms with Crippen LogP contribution in [0.5, 0.6) is 28.7 Å². The predicted octanol–water partition coefficient (Wildman–Crippen LogP) is 3.31. The number of rotatable bonds is 4. The van der Waals surface area contributed by atoms with Gasteiger partial charge in [-0.1, -0.05) is 22.6 Å². The van der Waals surface area contributed by atoms with Gasteiger partial charge in [0.25, 0.3) is 0 Å². The summed E-state index contributed by atoms with van der Waals surface area (Å²) in [5, 5.41) is 9.73. The first kappa shape index (κ1) is 20.7. The fourth-order valence-corrected chi connectivity index (χ4v) is 4.85. The number of carbonyl (C=O) groups is 1. The number of hydrogen-bond acceptors (Lipinski definition) is 7. The SMILES string of the molecule is COc1cc2c(cc1OC)[C@@H]1C(=O)c3ccc4c(c3O[C@@H]1CO2)C[C@H]([C@](C)([131I])CO)O4. The molecule has 3 aliphatic rings. The van der Waals surface area contributed by atoms with Gasteiger partial charge in [0.15, 0.2) is 17.3 Å². The van der Waals surface area contributed by atoms with Gasteiger partial charge in [0.05, 0.1) is 35.7 Å². The number of Topliss-reactive ketones (excluding diaryl/α,β-unsaturated/α-hetero) is 1. The summed E-state index contributed by atoms with van der Waals surface area (Å²) in [4.78, 5) is 13.6. The number of benzene rings is 2. The second-order valence-corrected chi connectivity index (χ2v) is 10.7. The van der Waals surface area contributed by atoms with Crippen LogP contribution in [0.15, 0.2) is 24.3 Å². The average molecular weight is 542 g/mol. The summed E-state index contributed by atoms with van der Waals surface area (Å²) in [5.74, 6) is 2.48. The van der Waals surface area contributed by atoms with Crippen molar-refractivity contribution in [2.24, 2.45) is 0 Å². The maximum atomic E-state index is 13.6. The van der Waals surface area contributed by atoms with E-state index in [0.717, 1.165) is 11.1 Å². The minimum Gasteiger partial charge on any atom is -0.493 e. The van der Waals surface area contributed by atoms with Crippen molar-refractivity contribution in [2.45, 2.75) is 34.9 Å². The molecule has 0 aromatic heterocycles. The Morgan fingerprint density at radius 2 is 1.90 bits per heavy atom. The first-order valence-electron chi connectivity index (χ1n) is 10.1. The largest absolute Gasteiger partial charge is 0.493 e. The zero-order valence-electron chi connectivity index (χ0n) is 17.4. The lowest BCUT2D eigenvalue weighted by molar-refractivity contribution is 0.0554. The Bertz CT molecular complexity index is 1060. The van der Waals surface area contributed by atoms with E-state index in [1.54, 1.807) is 32.4 Å². The zero-order valence-corrected chi connectivity index (χ0v) is 19.6. The molecule has 2 aromatic rings. The quantitative estimate of drug-likeness (QED) is 0.469.